The molecule has 0 aromatic heterocycles. The van der Waals surface area contributed by atoms with Crippen molar-refractivity contribution in [1.29, 1.82) is 0 Å². The second kappa shape index (κ2) is 5.82. The predicted octanol–water partition coefficient (Wildman–Crippen LogP) is 1.60. The first-order valence-electron chi connectivity index (χ1n) is 6.37. The molecule has 0 saturated carbocycles. The summed E-state index contributed by atoms with van der Waals surface area (Å²) in [6, 6.07) is 4.47. The predicted molar refractivity (Wildman–Crippen MR) is 70.8 cm³/mol. The third kappa shape index (κ3) is 2.92. The molecule has 2 rings (SSSR count). The Morgan fingerprint density at radius 3 is 2.63 bits per heavy atom. The molecule has 1 amide bonds. The first-order valence-corrected chi connectivity index (χ1v) is 6.37. The molecule has 0 spiro atoms. The van der Waals surface area contributed by atoms with Gasteiger partial charge in [-0.05, 0) is 31.0 Å². The molecule has 1 aromatic carbocycles. The molecule has 0 unspecified atom stereocenters. The van der Waals surface area contributed by atoms with Crippen LogP contribution < -0.4 is 10.2 Å². The lowest BCUT2D eigenvalue weighted by Crippen LogP contribution is -2.39. The van der Waals surface area contributed by atoms with Crippen molar-refractivity contribution in [3.63, 3.8) is 0 Å². The summed E-state index contributed by atoms with van der Waals surface area (Å²) in [5, 5.41) is 2.65. The third-order valence-corrected chi connectivity index (χ3v) is 3.56. The van der Waals surface area contributed by atoms with Gasteiger partial charge in [0.15, 0.2) is 0 Å². The lowest BCUT2D eigenvalue weighted by Gasteiger charge is -2.33. The van der Waals surface area contributed by atoms with Crippen LogP contribution in [0.3, 0.4) is 0 Å². The van der Waals surface area contributed by atoms with Crippen LogP contribution in [0.25, 0.3) is 0 Å². The van der Waals surface area contributed by atoms with Crippen LogP contribution in [0.15, 0.2) is 18.2 Å². The summed E-state index contributed by atoms with van der Waals surface area (Å²) in [4.78, 5) is 24.0. The van der Waals surface area contributed by atoms with Crippen molar-refractivity contribution in [2.75, 3.05) is 25.0 Å². The quantitative estimate of drug-likeness (QED) is 0.844. The van der Waals surface area contributed by atoms with E-state index in [0.717, 1.165) is 0 Å². The van der Waals surface area contributed by atoms with Crippen LogP contribution >= 0.6 is 0 Å². The SMILES string of the molecule is CNC(=O)C1CCN(c2ccc(C=O)cc2F)CC1. The van der Waals surface area contributed by atoms with Gasteiger partial charge in [0.25, 0.3) is 0 Å². The first-order chi connectivity index (χ1) is 9.15. The van der Waals surface area contributed by atoms with E-state index < -0.39 is 0 Å². The van der Waals surface area contributed by atoms with Gasteiger partial charge in [0.2, 0.25) is 5.91 Å². The number of nitrogens with one attached hydrogen (secondary N) is 1. The number of benzene rings is 1. The standard InChI is InChI=1S/C14H17FN2O2/c1-16-14(19)11-4-6-17(7-5-11)13-3-2-10(9-18)8-12(13)15/h2-3,8-9,11H,4-7H2,1H3,(H,16,19). The van der Waals surface area contributed by atoms with Crippen molar-refractivity contribution in [2.24, 2.45) is 5.92 Å². The van der Waals surface area contributed by atoms with Crippen LogP contribution in [-0.2, 0) is 4.79 Å². The Hall–Kier alpha value is -1.91. The number of hydrogen-bond acceptors (Lipinski definition) is 3. The first kappa shape index (κ1) is 13.5. The maximum atomic E-state index is 13.9. The highest BCUT2D eigenvalue weighted by Crippen LogP contribution is 2.26. The van der Waals surface area contributed by atoms with E-state index in [1.807, 2.05) is 4.90 Å². The average Bonchev–Trinajstić information content (AvgIpc) is 2.46. The Labute approximate surface area is 111 Å². The molecular formula is C14H17FN2O2. The van der Waals surface area contributed by atoms with Crippen LogP contribution in [0.5, 0.6) is 0 Å². The zero-order valence-corrected chi connectivity index (χ0v) is 10.9. The third-order valence-electron chi connectivity index (χ3n) is 3.56. The van der Waals surface area contributed by atoms with Crippen LogP contribution in [0, 0.1) is 11.7 Å². The van der Waals surface area contributed by atoms with Crippen molar-refractivity contribution < 1.29 is 14.0 Å². The molecule has 5 heteroatoms. The molecule has 19 heavy (non-hydrogen) atoms. The lowest BCUT2D eigenvalue weighted by molar-refractivity contribution is -0.125. The Kier molecular flexibility index (Phi) is 4.14. The second-order valence-corrected chi connectivity index (χ2v) is 4.70. The molecule has 1 aromatic rings. The van der Waals surface area contributed by atoms with Gasteiger partial charge in [0.05, 0.1) is 5.69 Å². The maximum absolute atomic E-state index is 13.9. The monoisotopic (exact) mass is 264 g/mol. The number of halogens is 1. The van der Waals surface area contributed by atoms with Crippen LogP contribution in [0.1, 0.15) is 23.2 Å². The molecule has 4 nitrogen and oxygen atoms in total. The largest absolute Gasteiger partial charge is 0.369 e. The number of aldehydes is 1. The fraction of sp³-hybridized carbons (Fsp3) is 0.429. The van der Waals surface area contributed by atoms with Crippen molar-refractivity contribution in [2.45, 2.75) is 12.8 Å². The zero-order chi connectivity index (χ0) is 13.8. The van der Waals surface area contributed by atoms with Crippen molar-refractivity contribution in [1.82, 2.24) is 5.32 Å². The average molecular weight is 264 g/mol. The van der Waals surface area contributed by atoms with Crippen molar-refractivity contribution in [3.05, 3.63) is 29.6 Å². The molecule has 0 atom stereocenters. The number of anilines is 1. The summed E-state index contributed by atoms with van der Waals surface area (Å²) in [5.41, 5.74) is 0.836. The molecule has 0 bridgehead atoms. The van der Waals surface area contributed by atoms with Gasteiger partial charge in [-0.2, -0.15) is 0 Å². The summed E-state index contributed by atoms with van der Waals surface area (Å²) in [6.07, 6.45) is 2.06. The van der Waals surface area contributed by atoms with E-state index in [-0.39, 0.29) is 17.6 Å². The second-order valence-electron chi connectivity index (χ2n) is 4.70. The van der Waals surface area contributed by atoms with Crippen LogP contribution in [0.2, 0.25) is 0 Å². The zero-order valence-electron chi connectivity index (χ0n) is 10.9. The molecule has 1 aliphatic heterocycles. The van der Waals surface area contributed by atoms with Gasteiger partial charge in [0, 0.05) is 31.6 Å². The minimum atomic E-state index is -0.386. The minimum absolute atomic E-state index is 0.0126. The van der Waals surface area contributed by atoms with Gasteiger partial charge in [-0.3, -0.25) is 9.59 Å². The highest BCUT2D eigenvalue weighted by atomic mass is 19.1. The number of nitrogens with zero attached hydrogens (tertiary/aromatic N) is 1. The Morgan fingerprint density at radius 1 is 1.42 bits per heavy atom. The van der Waals surface area contributed by atoms with Gasteiger partial charge in [-0.15, -0.1) is 0 Å². The van der Waals surface area contributed by atoms with E-state index in [2.05, 4.69) is 5.32 Å². The van der Waals surface area contributed by atoms with E-state index in [1.54, 1.807) is 19.2 Å². The van der Waals surface area contributed by atoms with E-state index in [4.69, 9.17) is 0 Å². The number of carbonyl (C=O) groups is 2. The number of amides is 1. The fourth-order valence-electron chi connectivity index (χ4n) is 2.44. The summed E-state index contributed by atoms with van der Waals surface area (Å²) >= 11 is 0. The van der Waals surface area contributed by atoms with Gasteiger partial charge >= 0.3 is 0 Å². The van der Waals surface area contributed by atoms with Crippen molar-refractivity contribution >= 4 is 17.9 Å². The highest BCUT2D eigenvalue weighted by molar-refractivity contribution is 5.79. The van der Waals surface area contributed by atoms with E-state index in [0.29, 0.717) is 43.5 Å². The summed E-state index contributed by atoms with van der Waals surface area (Å²) in [6.45, 7) is 1.30. The van der Waals surface area contributed by atoms with Crippen LogP contribution in [0.4, 0.5) is 10.1 Å². The Bertz CT molecular complexity index is 482. The van der Waals surface area contributed by atoms with Gasteiger partial charge in [0.1, 0.15) is 12.1 Å². The highest BCUT2D eigenvalue weighted by Gasteiger charge is 2.25. The smallest absolute Gasteiger partial charge is 0.222 e. The minimum Gasteiger partial charge on any atom is -0.369 e. The Morgan fingerprint density at radius 2 is 2.11 bits per heavy atom. The summed E-state index contributed by atoms with van der Waals surface area (Å²) in [7, 11) is 1.63. The van der Waals surface area contributed by atoms with E-state index in [9.17, 15) is 14.0 Å². The molecule has 1 saturated heterocycles. The number of rotatable bonds is 3. The van der Waals surface area contributed by atoms with E-state index >= 15 is 0 Å². The molecule has 0 aliphatic carbocycles. The summed E-state index contributed by atoms with van der Waals surface area (Å²) in [5.74, 6) is -0.321. The number of hydrogen-bond donors (Lipinski definition) is 1. The summed E-state index contributed by atoms with van der Waals surface area (Å²) < 4.78 is 13.9. The number of carbonyl (C=O) groups excluding carboxylic acids is 2. The van der Waals surface area contributed by atoms with Crippen LogP contribution in [-0.4, -0.2) is 32.3 Å². The molecular weight excluding hydrogens is 247 g/mol. The normalized spacial score (nSPS) is 16.2. The lowest BCUT2D eigenvalue weighted by atomic mass is 9.95. The fourth-order valence-corrected chi connectivity index (χ4v) is 2.44. The maximum Gasteiger partial charge on any atom is 0.222 e. The molecule has 102 valence electrons. The topological polar surface area (TPSA) is 49.4 Å². The van der Waals surface area contributed by atoms with Gasteiger partial charge < -0.3 is 10.2 Å². The molecule has 1 heterocycles. The molecule has 1 aliphatic rings. The Balaban J connectivity index is 2.05. The molecule has 1 N–H and O–H groups in total. The van der Waals surface area contributed by atoms with E-state index in [1.165, 1.54) is 6.07 Å². The van der Waals surface area contributed by atoms with Gasteiger partial charge in [-0.1, -0.05) is 0 Å². The molecule has 1 fully saturated rings. The van der Waals surface area contributed by atoms with Crippen molar-refractivity contribution in [3.8, 4) is 0 Å². The molecule has 0 radical (unpaired) electrons. The number of piperidine rings is 1. The van der Waals surface area contributed by atoms with Gasteiger partial charge in [-0.25, -0.2) is 4.39 Å².